The number of pyridine rings is 3. The van der Waals surface area contributed by atoms with Crippen LogP contribution < -0.4 is 14.5 Å². The van der Waals surface area contributed by atoms with Crippen LogP contribution in [0.15, 0.2) is 116 Å². The first-order chi connectivity index (χ1) is 22.7. The van der Waals surface area contributed by atoms with Gasteiger partial charge in [-0.3, -0.25) is 9.55 Å². The number of hydrogen-bond donors (Lipinski definition) is 0. The molecule has 232 valence electrons. The van der Waals surface area contributed by atoms with Crippen molar-refractivity contribution in [1.29, 1.82) is 0 Å². The normalized spacial score (nSPS) is 13.0. The van der Waals surface area contributed by atoms with Crippen LogP contribution in [0.4, 0.5) is 17.1 Å². The second-order valence-corrected chi connectivity index (χ2v) is 13.3. The van der Waals surface area contributed by atoms with Crippen molar-refractivity contribution in [3.05, 3.63) is 127 Å². The number of nitrogens with zero attached hydrogens (tertiary/aromatic N) is 6. The van der Waals surface area contributed by atoms with E-state index in [4.69, 9.17) is 14.7 Å². The summed E-state index contributed by atoms with van der Waals surface area (Å²) in [6.07, 6.45) is 3.74. The van der Waals surface area contributed by atoms with Gasteiger partial charge in [-0.1, -0.05) is 45.0 Å². The van der Waals surface area contributed by atoms with E-state index >= 15 is 0 Å². The summed E-state index contributed by atoms with van der Waals surface area (Å²) in [5, 5.41) is 2.24. The summed E-state index contributed by atoms with van der Waals surface area (Å²) >= 11 is 0. The summed E-state index contributed by atoms with van der Waals surface area (Å²) in [6, 6.07) is 35.7. The first-order valence-electron chi connectivity index (χ1n) is 15.9. The molecule has 7 nitrogen and oxygen atoms in total. The molecule has 0 amide bonds. The van der Waals surface area contributed by atoms with Crippen molar-refractivity contribution in [1.82, 2.24) is 19.5 Å². The van der Waals surface area contributed by atoms with E-state index in [1.165, 1.54) is 16.9 Å². The van der Waals surface area contributed by atoms with Gasteiger partial charge in [0.2, 0.25) is 5.88 Å². The molecule has 4 aromatic heterocycles. The fourth-order valence-electron chi connectivity index (χ4n) is 6.56. The summed E-state index contributed by atoms with van der Waals surface area (Å²) in [4.78, 5) is 18.8. The molecule has 0 unspecified atom stereocenters. The van der Waals surface area contributed by atoms with Gasteiger partial charge in [-0.05, 0) is 84.6 Å². The molecule has 0 N–H and O–H groups in total. The average molecular weight is 617 g/mol. The zero-order valence-corrected chi connectivity index (χ0v) is 27.3. The van der Waals surface area contributed by atoms with Crippen LogP contribution >= 0.6 is 0 Å². The molecular formula is C40H36N6O. The Balaban J connectivity index is 1.25. The van der Waals surface area contributed by atoms with Crippen LogP contribution in [0.2, 0.25) is 0 Å². The molecule has 0 aliphatic carbocycles. The zero-order valence-electron chi connectivity index (χ0n) is 27.3. The van der Waals surface area contributed by atoms with Crippen LogP contribution in [0.5, 0.6) is 11.6 Å². The molecule has 5 heterocycles. The third-order valence-corrected chi connectivity index (χ3v) is 8.93. The Morgan fingerprint density at radius 2 is 1.55 bits per heavy atom. The van der Waals surface area contributed by atoms with Gasteiger partial charge in [-0.2, -0.15) is 0 Å². The van der Waals surface area contributed by atoms with Crippen LogP contribution in [0.1, 0.15) is 32.0 Å². The average Bonchev–Trinajstić information content (AvgIpc) is 3.58. The highest BCUT2D eigenvalue weighted by Crippen LogP contribution is 2.41. The largest absolute Gasteiger partial charge is 0.439 e. The minimum atomic E-state index is -0.0178. The monoisotopic (exact) mass is 616 g/mol. The molecule has 7 aromatic rings. The Kier molecular flexibility index (Phi) is 6.72. The van der Waals surface area contributed by atoms with Crippen LogP contribution in [0.3, 0.4) is 0 Å². The van der Waals surface area contributed by atoms with Crippen molar-refractivity contribution < 1.29 is 4.74 Å². The summed E-state index contributed by atoms with van der Waals surface area (Å²) in [6.45, 7) is 9.45. The zero-order chi connectivity index (χ0) is 32.3. The highest BCUT2D eigenvalue weighted by atomic mass is 16.5. The Bertz CT molecular complexity index is 2290. The predicted molar refractivity (Wildman–Crippen MR) is 191 cm³/mol. The molecule has 0 saturated carbocycles. The first-order valence-corrected chi connectivity index (χ1v) is 15.9. The Labute approximate surface area is 274 Å². The topological polar surface area (TPSA) is 59.3 Å². The minimum Gasteiger partial charge on any atom is -0.439 e. The number of aromatic nitrogens is 4. The Morgan fingerprint density at radius 3 is 2.36 bits per heavy atom. The van der Waals surface area contributed by atoms with E-state index in [1.54, 1.807) is 0 Å². The van der Waals surface area contributed by atoms with E-state index < -0.39 is 0 Å². The SMILES string of the molecule is Cc1cc(N2CN(C)c3ccccc32)cc(Oc2ccc3c4cc(-c5ccccn5)ccc4n(-c4cc(C(C)(C)C)ccn4)c3c2)n1. The second-order valence-electron chi connectivity index (χ2n) is 13.3. The van der Waals surface area contributed by atoms with Crippen LogP contribution in [-0.4, -0.2) is 33.2 Å². The molecular weight excluding hydrogens is 580 g/mol. The maximum atomic E-state index is 6.55. The van der Waals surface area contributed by atoms with Gasteiger partial charge in [-0.25, -0.2) is 9.97 Å². The standard InChI is InChI=1S/C40H36N6O/c1-26-20-29(45-25-44(5)35-11-6-7-12-36(35)45)23-39(43-26)47-30-14-15-31-32-21-27(33-10-8-9-18-41-33)13-16-34(32)46(37(31)24-30)38-22-28(17-19-42-38)40(2,3)4/h6-24H,25H2,1-5H3. The molecule has 0 fully saturated rings. The highest BCUT2D eigenvalue weighted by molar-refractivity contribution is 6.10. The smallest absolute Gasteiger partial charge is 0.221 e. The fourth-order valence-corrected chi connectivity index (χ4v) is 6.56. The molecule has 47 heavy (non-hydrogen) atoms. The van der Waals surface area contributed by atoms with Gasteiger partial charge in [-0.15, -0.1) is 0 Å². The minimum absolute atomic E-state index is 0.0178. The van der Waals surface area contributed by atoms with E-state index in [-0.39, 0.29) is 5.41 Å². The van der Waals surface area contributed by atoms with E-state index in [0.717, 1.165) is 56.9 Å². The number of ether oxygens (including phenoxy) is 1. The number of anilines is 3. The maximum Gasteiger partial charge on any atom is 0.221 e. The first kappa shape index (κ1) is 28.8. The lowest BCUT2D eigenvalue weighted by Crippen LogP contribution is -2.24. The number of benzene rings is 3. The van der Waals surface area contributed by atoms with Crippen molar-refractivity contribution >= 4 is 38.9 Å². The van der Waals surface area contributed by atoms with Crippen molar-refractivity contribution in [2.75, 3.05) is 23.5 Å². The summed E-state index contributed by atoms with van der Waals surface area (Å²) < 4.78 is 8.78. The van der Waals surface area contributed by atoms with E-state index in [2.05, 4.69) is 120 Å². The lowest BCUT2D eigenvalue weighted by molar-refractivity contribution is 0.462. The molecule has 0 atom stereocenters. The van der Waals surface area contributed by atoms with Gasteiger partial charge < -0.3 is 14.5 Å². The van der Waals surface area contributed by atoms with Gasteiger partial charge in [0.05, 0.1) is 40.5 Å². The van der Waals surface area contributed by atoms with E-state index in [0.29, 0.717) is 11.6 Å². The molecule has 8 rings (SSSR count). The Hall–Kier alpha value is -5.69. The number of rotatable bonds is 5. The molecule has 1 aliphatic rings. The lowest BCUT2D eigenvalue weighted by Gasteiger charge is -2.20. The summed E-state index contributed by atoms with van der Waals surface area (Å²) in [5.74, 6) is 2.13. The molecule has 3 aromatic carbocycles. The number of para-hydroxylation sites is 2. The van der Waals surface area contributed by atoms with Gasteiger partial charge in [0.1, 0.15) is 11.6 Å². The fraction of sp³-hybridized carbons (Fsp3) is 0.175. The third-order valence-electron chi connectivity index (χ3n) is 8.93. The van der Waals surface area contributed by atoms with Crippen molar-refractivity contribution in [3.63, 3.8) is 0 Å². The summed E-state index contributed by atoms with van der Waals surface area (Å²) in [7, 11) is 2.12. The van der Waals surface area contributed by atoms with Crippen LogP contribution in [-0.2, 0) is 5.41 Å². The molecule has 7 heteroatoms. The Morgan fingerprint density at radius 1 is 0.723 bits per heavy atom. The summed E-state index contributed by atoms with van der Waals surface area (Å²) in [5.41, 5.74) is 9.62. The van der Waals surface area contributed by atoms with Crippen molar-refractivity contribution in [3.8, 4) is 28.7 Å². The quantitative estimate of drug-likeness (QED) is 0.192. The highest BCUT2D eigenvalue weighted by Gasteiger charge is 2.25. The van der Waals surface area contributed by atoms with Gasteiger partial charge >= 0.3 is 0 Å². The van der Waals surface area contributed by atoms with Gasteiger partial charge in [0.25, 0.3) is 0 Å². The van der Waals surface area contributed by atoms with Gasteiger partial charge in [0.15, 0.2) is 0 Å². The number of fused-ring (bicyclic) bond motifs is 4. The maximum absolute atomic E-state index is 6.55. The third kappa shape index (κ3) is 5.14. The predicted octanol–water partition coefficient (Wildman–Crippen LogP) is 9.58. The molecule has 0 spiro atoms. The van der Waals surface area contributed by atoms with Crippen LogP contribution in [0.25, 0.3) is 38.9 Å². The van der Waals surface area contributed by atoms with Crippen molar-refractivity contribution in [2.24, 2.45) is 0 Å². The number of hydrogen-bond acceptors (Lipinski definition) is 6. The van der Waals surface area contributed by atoms with Crippen LogP contribution in [0, 0.1) is 6.92 Å². The molecule has 1 aliphatic heterocycles. The second kappa shape index (κ2) is 11.0. The van der Waals surface area contributed by atoms with E-state index in [1.807, 2.05) is 49.6 Å². The molecule has 0 bridgehead atoms. The molecule has 0 radical (unpaired) electrons. The van der Waals surface area contributed by atoms with E-state index in [9.17, 15) is 0 Å². The lowest BCUT2D eigenvalue weighted by atomic mass is 9.88. The number of aryl methyl sites for hydroxylation is 1. The molecule has 0 saturated heterocycles. The van der Waals surface area contributed by atoms with Crippen molar-refractivity contribution in [2.45, 2.75) is 33.1 Å². The van der Waals surface area contributed by atoms with Gasteiger partial charge in [0, 0.05) is 53.6 Å².